The van der Waals surface area contributed by atoms with Crippen molar-refractivity contribution in [3.63, 3.8) is 0 Å². The highest BCUT2D eigenvalue weighted by Crippen LogP contribution is 2.21. The van der Waals surface area contributed by atoms with Crippen LogP contribution < -0.4 is 10.0 Å². The molecule has 0 fully saturated rings. The second kappa shape index (κ2) is 8.94. The third-order valence-electron chi connectivity index (χ3n) is 2.90. The molecule has 0 bridgehead atoms. The van der Waals surface area contributed by atoms with E-state index in [-0.39, 0.29) is 22.3 Å². The molecule has 1 aromatic rings. The molecule has 0 saturated heterocycles. The van der Waals surface area contributed by atoms with Gasteiger partial charge in [0.05, 0.1) is 28.9 Å². The molecular formula is C14H18Cl2N2O3S2. The average molecular weight is 397 g/mol. The number of sulfonamides is 1. The lowest BCUT2D eigenvalue weighted by Crippen LogP contribution is -2.46. The van der Waals surface area contributed by atoms with Crippen LogP contribution in [0.5, 0.6) is 0 Å². The summed E-state index contributed by atoms with van der Waals surface area (Å²) in [6.07, 6.45) is 2.34. The van der Waals surface area contributed by atoms with E-state index in [2.05, 4.69) is 10.0 Å². The quantitative estimate of drug-likeness (QED) is 0.521. The largest absolute Gasteiger partial charge is 0.371 e. The second-order valence-corrected chi connectivity index (χ2v) is 8.06. The van der Waals surface area contributed by atoms with Crippen molar-refractivity contribution >= 4 is 56.2 Å². The van der Waals surface area contributed by atoms with Gasteiger partial charge >= 0.3 is 0 Å². The molecule has 2 N–H and O–H groups in total. The molecule has 0 aromatic heterocycles. The molecule has 0 heterocycles. The average Bonchev–Trinajstić information content (AvgIpc) is 2.42. The van der Waals surface area contributed by atoms with Crippen LogP contribution in [-0.4, -0.2) is 38.0 Å². The number of benzene rings is 1. The molecule has 0 saturated carbocycles. The zero-order chi connectivity index (χ0) is 17.6. The minimum Gasteiger partial charge on any atom is -0.371 e. The predicted molar refractivity (Wildman–Crippen MR) is 98.1 cm³/mol. The Labute approximate surface area is 151 Å². The summed E-state index contributed by atoms with van der Waals surface area (Å²) in [5.41, 5.74) is 0.328. The number of carbonyl (C=O) groups excluding carboxylic acids is 1. The summed E-state index contributed by atoms with van der Waals surface area (Å²) in [6, 6.07) is 4.05. The Balaban J connectivity index is 2.71. The van der Waals surface area contributed by atoms with Crippen LogP contribution in [0, 0.1) is 0 Å². The highest BCUT2D eigenvalue weighted by atomic mass is 35.5. The number of nitrogens with one attached hydrogen (secondary N) is 2. The van der Waals surface area contributed by atoms with Gasteiger partial charge in [-0.1, -0.05) is 48.8 Å². The molecule has 1 unspecified atom stereocenters. The highest BCUT2D eigenvalue weighted by molar-refractivity contribution is 7.88. The summed E-state index contributed by atoms with van der Waals surface area (Å²) >= 11 is 17.0. The number of halogens is 2. The smallest absolute Gasteiger partial charge is 0.209 e. The van der Waals surface area contributed by atoms with Crippen molar-refractivity contribution in [2.24, 2.45) is 0 Å². The van der Waals surface area contributed by atoms with Gasteiger partial charge in [0.1, 0.15) is 0 Å². The van der Waals surface area contributed by atoms with Crippen molar-refractivity contribution in [1.29, 1.82) is 0 Å². The van der Waals surface area contributed by atoms with Crippen LogP contribution >= 0.6 is 35.4 Å². The Morgan fingerprint density at radius 3 is 2.52 bits per heavy atom. The van der Waals surface area contributed by atoms with Crippen LogP contribution in [0.1, 0.15) is 30.1 Å². The molecule has 0 aliphatic carbocycles. The molecule has 0 amide bonds. The van der Waals surface area contributed by atoms with E-state index in [1.807, 2.05) is 6.92 Å². The maximum Gasteiger partial charge on any atom is 0.209 e. The van der Waals surface area contributed by atoms with Crippen molar-refractivity contribution in [2.75, 3.05) is 12.8 Å². The van der Waals surface area contributed by atoms with E-state index in [1.54, 1.807) is 6.07 Å². The Bertz CT molecular complexity index is 693. The Morgan fingerprint density at radius 1 is 1.35 bits per heavy atom. The number of hydrogen-bond donors (Lipinski definition) is 2. The zero-order valence-corrected chi connectivity index (χ0v) is 15.9. The first-order valence-electron chi connectivity index (χ1n) is 6.87. The van der Waals surface area contributed by atoms with Gasteiger partial charge in [0.2, 0.25) is 10.0 Å². The minimum atomic E-state index is -3.39. The van der Waals surface area contributed by atoms with Gasteiger partial charge in [-0.05, 0) is 24.6 Å². The number of hydrogen-bond acceptors (Lipinski definition) is 4. The topological polar surface area (TPSA) is 75.3 Å². The van der Waals surface area contributed by atoms with Gasteiger partial charge in [-0.15, -0.1) is 0 Å². The van der Waals surface area contributed by atoms with Crippen LogP contribution in [0.25, 0.3) is 0 Å². The summed E-state index contributed by atoms with van der Waals surface area (Å²) in [6.45, 7) is 1.84. The number of thiocarbonyl (C=S) groups is 1. The molecule has 9 heteroatoms. The van der Waals surface area contributed by atoms with E-state index in [0.29, 0.717) is 17.0 Å². The Hall–Kier alpha value is -0.730. The summed E-state index contributed by atoms with van der Waals surface area (Å²) in [5, 5.41) is 3.49. The molecular weight excluding hydrogens is 379 g/mol. The maximum atomic E-state index is 12.2. The third kappa shape index (κ3) is 7.14. The number of rotatable bonds is 8. The SMILES string of the molecule is CCCC(NS(C)(=O)=O)C(=S)NCC(=O)c1ccc(Cl)cc1Cl. The van der Waals surface area contributed by atoms with Gasteiger partial charge in [0.25, 0.3) is 0 Å². The van der Waals surface area contributed by atoms with E-state index < -0.39 is 16.1 Å². The first kappa shape index (κ1) is 20.3. The fourth-order valence-corrected chi connectivity index (χ4v) is 3.48. The van der Waals surface area contributed by atoms with Crippen molar-refractivity contribution in [3.8, 4) is 0 Å². The Morgan fingerprint density at radius 2 is 2.00 bits per heavy atom. The van der Waals surface area contributed by atoms with Crippen molar-refractivity contribution < 1.29 is 13.2 Å². The molecule has 0 radical (unpaired) electrons. The van der Waals surface area contributed by atoms with Crippen LogP contribution in [0.4, 0.5) is 0 Å². The number of ketones is 1. The minimum absolute atomic E-state index is 0.0775. The third-order valence-corrected chi connectivity index (χ3v) is 4.59. The molecule has 1 aromatic carbocycles. The van der Waals surface area contributed by atoms with E-state index in [0.717, 1.165) is 12.7 Å². The van der Waals surface area contributed by atoms with E-state index in [1.165, 1.54) is 12.1 Å². The van der Waals surface area contributed by atoms with E-state index >= 15 is 0 Å². The number of Topliss-reactive ketones (excluding diaryl/α,β-unsaturated/α-hetero) is 1. The maximum absolute atomic E-state index is 12.2. The molecule has 5 nitrogen and oxygen atoms in total. The molecule has 1 atom stereocenters. The molecule has 0 spiro atoms. The first-order valence-corrected chi connectivity index (χ1v) is 9.93. The first-order chi connectivity index (χ1) is 10.6. The lowest BCUT2D eigenvalue weighted by atomic mass is 10.1. The van der Waals surface area contributed by atoms with Crippen LogP contribution in [-0.2, 0) is 10.0 Å². The van der Waals surface area contributed by atoms with E-state index in [4.69, 9.17) is 35.4 Å². The second-order valence-electron chi connectivity index (χ2n) is 5.00. The molecule has 23 heavy (non-hydrogen) atoms. The monoisotopic (exact) mass is 396 g/mol. The van der Waals surface area contributed by atoms with E-state index in [9.17, 15) is 13.2 Å². The standard InChI is InChI=1S/C14H18Cl2N2O3S2/c1-3-4-12(18-23(2,20)21)14(22)17-8-13(19)10-6-5-9(15)7-11(10)16/h5-7,12,18H,3-4,8H2,1-2H3,(H,17,22). The zero-order valence-electron chi connectivity index (χ0n) is 12.7. The van der Waals surface area contributed by atoms with Crippen molar-refractivity contribution in [3.05, 3.63) is 33.8 Å². The van der Waals surface area contributed by atoms with Crippen molar-refractivity contribution in [1.82, 2.24) is 10.0 Å². The van der Waals surface area contributed by atoms with Gasteiger partial charge in [-0.25, -0.2) is 13.1 Å². The van der Waals surface area contributed by atoms with Crippen molar-refractivity contribution in [2.45, 2.75) is 25.8 Å². The molecule has 1 rings (SSSR count). The Kier molecular flexibility index (Phi) is 7.89. The number of carbonyl (C=O) groups is 1. The molecule has 128 valence electrons. The summed E-state index contributed by atoms with van der Waals surface area (Å²) in [7, 11) is -3.39. The summed E-state index contributed by atoms with van der Waals surface area (Å²) < 4.78 is 25.2. The van der Waals surface area contributed by atoms with Gasteiger partial charge in [0, 0.05) is 10.6 Å². The van der Waals surface area contributed by atoms with Gasteiger partial charge in [-0.2, -0.15) is 0 Å². The van der Waals surface area contributed by atoms with Crippen LogP contribution in [0.2, 0.25) is 10.0 Å². The van der Waals surface area contributed by atoms with Gasteiger partial charge in [-0.3, -0.25) is 4.79 Å². The van der Waals surface area contributed by atoms with Crippen LogP contribution in [0.15, 0.2) is 18.2 Å². The van der Waals surface area contributed by atoms with Crippen LogP contribution in [0.3, 0.4) is 0 Å². The normalized spacial score (nSPS) is 12.7. The predicted octanol–water partition coefficient (Wildman–Crippen LogP) is 2.81. The lowest BCUT2D eigenvalue weighted by Gasteiger charge is -2.19. The van der Waals surface area contributed by atoms with Gasteiger partial charge < -0.3 is 5.32 Å². The fraction of sp³-hybridized carbons (Fsp3) is 0.429. The molecule has 0 aliphatic rings. The fourth-order valence-electron chi connectivity index (χ4n) is 1.89. The molecule has 0 aliphatic heterocycles. The van der Waals surface area contributed by atoms with Gasteiger partial charge in [0.15, 0.2) is 5.78 Å². The lowest BCUT2D eigenvalue weighted by molar-refractivity contribution is 0.0996. The summed E-state index contributed by atoms with van der Waals surface area (Å²) in [5.74, 6) is -0.261. The highest BCUT2D eigenvalue weighted by Gasteiger charge is 2.19. The summed E-state index contributed by atoms with van der Waals surface area (Å²) in [4.78, 5) is 12.4.